The SMILES string of the molecule is [CH2]CCCC[NH]. The van der Waals surface area contributed by atoms with Gasteiger partial charge in [-0.25, -0.2) is 0 Å². The van der Waals surface area contributed by atoms with Crippen LogP contribution in [-0.4, -0.2) is 6.54 Å². The molecule has 0 aliphatic carbocycles. The van der Waals surface area contributed by atoms with Crippen molar-refractivity contribution in [2.45, 2.75) is 19.3 Å². The third-order valence-electron chi connectivity index (χ3n) is 0.677. The second-order valence-corrected chi connectivity index (χ2v) is 1.31. The highest BCUT2D eigenvalue weighted by molar-refractivity contribution is 4.40. The summed E-state index contributed by atoms with van der Waals surface area (Å²) in [5, 5.41) is 0. The third-order valence-corrected chi connectivity index (χ3v) is 0.677. The summed E-state index contributed by atoms with van der Waals surface area (Å²) in [6.07, 6.45) is 3.12. The van der Waals surface area contributed by atoms with E-state index >= 15 is 0 Å². The van der Waals surface area contributed by atoms with E-state index < -0.39 is 0 Å². The Kier molecular flexibility index (Phi) is 4.93. The summed E-state index contributed by atoms with van der Waals surface area (Å²) in [4.78, 5) is 0. The smallest absolute Gasteiger partial charge is 0.00997 e. The maximum Gasteiger partial charge on any atom is 0.00997 e. The molecule has 0 aromatic rings. The molecule has 0 aliphatic heterocycles. The fourth-order valence-corrected chi connectivity index (χ4v) is 0.302. The Bertz CT molecular complexity index is 15.9. The Morgan fingerprint density at radius 3 is 2.17 bits per heavy atom. The highest BCUT2D eigenvalue weighted by Crippen LogP contribution is 1.88. The summed E-state index contributed by atoms with van der Waals surface area (Å²) in [7, 11) is 0. The zero-order chi connectivity index (χ0) is 4.83. The number of unbranched alkanes of at least 4 members (excludes halogenated alkanes) is 2. The zero-order valence-corrected chi connectivity index (χ0v) is 4.04. The molecule has 0 aromatic heterocycles. The lowest BCUT2D eigenvalue weighted by atomic mass is 10.3. The van der Waals surface area contributed by atoms with Crippen molar-refractivity contribution >= 4 is 0 Å². The largest absolute Gasteiger partial charge is 0.258 e. The van der Waals surface area contributed by atoms with Crippen molar-refractivity contribution < 1.29 is 0 Å². The van der Waals surface area contributed by atoms with Crippen LogP contribution < -0.4 is 5.73 Å². The molecule has 36 valence electrons. The standard InChI is InChI=1S/C5H11N/c1-2-3-4-5-6/h6H,1-5H2. The first-order valence-corrected chi connectivity index (χ1v) is 2.35. The van der Waals surface area contributed by atoms with Gasteiger partial charge in [0.1, 0.15) is 0 Å². The van der Waals surface area contributed by atoms with Gasteiger partial charge in [0.05, 0.1) is 0 Å². The van der Waals surface area contributed by atoms with Gasteiger partial charge in [0.25, 0.3) is 0 Å². The van der Waals surface area contributed by atoms with Crippen LogP contribution >= 0.6 is 0 Å². The molecule has 0 amide bonds. The van der Waals surface area contributed by atoms with Gasteiger partial charge in [-0.1, -0.05) is 19.8 Å². The first-order chi connectivity index (χ1) is 2.91. The summed E-state index contributed by atoms with van der Waals surface area (Å²) in [6.45, 7) is 4.20. The minimum Gasteiger partial charge on any atom is -0.258 e. The average Bonchev–Trinajstić information content (AvgIpc) is 1.61. The van der Waals surface area contributed by atoms with Crippen LogP contribution in [0.25, 0.3) is 0 Å². The van der Waals surface area contributed by atoms with Gasteiger partial charge in [0.15, 0.2) is 0 Å². The van der Waals surface area contributed by atoms with Gasteiger partial charge in [0.2, 0.25) is 0 Å². The molecule has 0 heterocycles. The Morgan fingerprint density at radius 2 is 2.00 bits per heavy atom. The fourth-order valence-electron chi connectivity index (χ4n) is 0.302. The van der Waals surface area contributed by atoms with Crippen LogP contribution in [0.2, 0.25) is 0 Å². The lowest BCUT2D eigenvalue weighted by molar-refractivity contribution is 0.747. The van der Waals surface area contributed by atoms with E-state index in [9.17, 15) is 0 Å². The van der Waals surface area contributed by atoms with Gasteiger partial charge in [-0.15, -0.1) is 0 Å². The molecule has 1 N–H and O–H groups in total. The van der Waals surface area contributed by atoms with E-state index in [1.54, 1.807) is 0 Å². The van der Waals surface area contributed by atoms with Crippen LogP contribution in [0, 0.1) is 6.92 Å². The summed E-state index contributed by atoms with van der Waals surface area (Å²) in [6, 6.07) is 0. The minimum atomic E-state index is 0.565. The van der Waals surface area contributed by atoms with E-state index in [1.165, 1.54) is 0 Å². The molecule has 0 aromatic carbocycles. The molecule has 2 radical (unpaired) electrons. The van der Waals surface area contributed by atoms with E-state index in [-0.39, 0.29) is 0 Å². The molecule has 0 saturated heterocycles. The monoisotopic (exact) mass is 85.1 g/mol. The van der Waals surface area contributed by atoms with Gasteiger partial charge >= 0.3 is 0 Å². The summed E-state index contributed by atoms with van der Waals surface area (Å²) < 4.78 is 0. The van der Waals surface area contributed by atoms with Gasteiger partial charge in [-0.3, -0.25) is 5.73 Å². The van der Waals surface area contributed by atoms with E-state index in [2.05, 4.69) is 6.92 Å². The van der Waals surface area contributed by atoms with E-state index in [4.69, 9.17) is 5.73 Å². The van der Waals surface area contributed by atoms with Crippen molar-refractivity contribution in [3.63, 3.8) is 0 Å². The van der Waals surface area contributed by atoms with Crippen molar-refractivity contribution in [3.8, 4) is 0 Å². The lowest BCUT2D eigenvalue weighted by Gasteiger charge is -1.85. The number of rotatable bonds is 3. The summed E-state index contributed by atoms with van der Waals surface area (Å²) >= 11 is 0. The second kappa shape index (κ2) is 4.96. The number of hydrogen-bond acceptors (Lipinski definition) is 0. The van der Waals surface area contributed by atoms with Crippen LogP contribution in [0.1, 0.15) is 19.3 Å². The Hall–Kier alpha value is -0.0400. The first-order valence-electron chi connectivity index (χ1n) is 2.35. The molecule has 1 heteroatoms. The highest BCUT2D eigenvalue weighted by atomic mass is 14.5. The Balaban J connectivity index is 2.34. The van der Waals surface area contributed by atoms with Gasteiger partial charge in [-0.2, -0.15) is 0 Å². The van der Waals surface area contributed by atoms with E-state index in [0.717, 1.165) is 19.3 Å². The van der Waals surface area contributed by atoms with Crippen molar-refractivity contribution in [1.29, 1.82) is 0 Å². The first kappa shape index (κ1) is 5.96. The van der Waals surface area contributed by atoms with Crippen LogP contribution in [-0.2, 0) is 0 Å². The zero-order valence-electron chi connectivity index (χ0n) is 4.04. The van der Waals surface area contributed by atoms with Crippen molar-refractivity contribution in [2.24, 2.45) is 0 Å². The number of nitrogens with one attached hydrogen (secondary N) is 1. The van der Waals surface area contributed by atoms with E-state index in [0.29, 0.717) is 6.54 Å². The van der Waals surface area contributed by atoms with Crippen molar-refractivity contribution in [3.05, 3.63) is 6.92 Å². The number of hydrogen-bond donors (Lipinski definition) is 0. The molecule has 1 nitrogen and oxygen atoms in total. The van der Waals surface area contributed by atoms with E-state index in [1.807, 2.05) is 0 Å². The maximum absolute atomic E-state index is 6.68. The predicted molar refractivity (Wildman–Crippen MR) is 27.2 cm³/mol. The molecule has 0 fully saturated rings. The molecule has 0 atom stereocenters. The molecule has 6 heavy (non-hydrogen) atoms. The fraction of sp³-hybridized carbons (Fsp3) is 0.800. The molecule has 0 spiro atoms. The molecule has 0 bridgehead atoms. The van der Waals surface area contributed by atoms with Crippen LogP contribution in [0.5, 0.6) is 0 Å². The average molecular weight is 85.2 g/mol. The normalized spacial score (nSPS) is 9.00. The summed E-state index contributed by atoms with van der Waals surface area (Å²) in [5.41, 5.74) is 6.68. The molecule has 0 unspecified atom stereocenters. The predicted octanol–water partition coefficient (Wildman–Crippen LogP) is 1.27. The quantitative estimate of drug-likeness (QED) is 0.461. The Morgan fingerprint density at radius 1 is 1.33 bits per heavy atom. The molecular weight excluding hydrogens is 74.1 g/mol. The minimum absolute atomic E-state index is 0.565. The summed E-state index contributed by atoms with van der Waals surface area (Å²) in [5.74, 6) is 0. The van der Waals surface area contributed by atoms with Crippen LogP contribution in [0.4, 0.5) is 0 Å². The second-order valence-electron chi connectivity index (χ2n) is 1.31. The van der Waals surface area contributed by atoms with Crippen LogP contribution in [0.15, 0.2) is 0 Å². The topological polar surface area (TPSA) is 23.8 Å². The Labute approximate surface area is 39.5 Å². The van der Waals surface area contributed by atoms with Gasteiger partial charge < -0.3 is 0 Å². The van der Waals surface area contributed by atoms with Crippen LogP contribution in [0.3, 0.4) is 0 Å². The molecule has 0 aliphatic rings. The van der Waals surface area contributed by atoms with Crippen molar-refractivity contribution in [2.75, 3.05) is 6.54 Å². The molecule has 0 saturated carbocycles. The van der Waals surface area contributed by atoms with Crippen molar-refractivity contribution in [1.82, 2.24) is 5.73 Å². The third kappa shape index (κ3) is 3.96. The van der Waals surface area contributed by atoms with Gasteiger partial charge in [0, 0.05) is 6.54 Å². The maximum atomic E-state index is 6.68. The highest BCUT2D eigenvalue weighted by Gasteiger charge is 1.76. The lowest BCUT2D eigenvalue weighted by Crippen LogP contribution is -1.81. The molecule has 0 rings (SSSR count). The molecular formula is C5H11N. The van der Waals surface area contributed by atoms with Gasteiger partial charge in [-0.05, 0) is 6.42 Å².